The van der Waals surface area contributed by atoms with Crippen molar-refractivity contribution in [3.8, 4) is 5.75 Å². The average molecular weight is 339 g/mol. The molecule has 2 unspecified atom stereocenters. The van der Waals surface area contributed by atoms with Crippen LogP contribution in [0.3, 0.4) is 0 Å². The predicted molar refractivity (Wildman–Crippen MR) is 94.1 cm³/mol. The van der Waals surface area contributed by atoms with Crippen LogP contribution in [-0.4, -0.2) is 33.8 Å². The predicted octanol–water partition coefficient (Wildman–Crippen LogP) is 2.00. The molecule has 130 valence electrons. The smallest absolute Gasteiger partial charge is 0.277 e. The minimum absolute atomic E-state index is 0.0434. The van der Waals surface area contributed by atoms with E-state index in [4.69, 9.17) is 0 Å². The van der Waals surface area contributed by atoms with E-state index in [9.17, 15) is 14.7 Å². The van der Waals surface area contributed by atoms with Crippen LogP contribution in [-0.2, 0) is 5.54 Å². The second-order valence-electron chi connectivity index (χ2n) is 6.75. The number of hydrogen-bond donors (Lipinski definition) is 1. The second-order valence-corrected chi connectivity index (χ2v) is 6.75. The van der Waals surface area contributed by atoms with Crippen molar-refractivity contribution in [3.05, 3.63) is 64.1 Å². The second kappa shape index (κ2) is 5.37. The number of hydrogen-bond acceptors (Lipinski definition) is 4. The van der Waals surface area contributed by atoms with Crippen LogP contribution >= 0.6 is 0 Å². The highest BCUT2D eigenvalue weighted by Gasteiger charge is 2.52. The third-order valence-electron chi connectivity index (χ3n) is 5.69. The molecule has 1 saturated heterocycles. The summed E-state index contributed by atoms with van der Waals surface area (Å²) in [5.74, 6) is -0.806. The molecule has 6 nitrogen and oxygen atoms in total. The number of amides is 1. The van der Waals surface area contributed by atoms with E-state index < -0.39 is 11.2 Å². The lowest BCUT2D eigenvalue weighted by molar-refractivity contribution is 0.0630. The summed E-state index contributed by atoms with van der Waals surface area (Å²) in [6.45, 7) is 2.13. The Morgan fingerprint density at radius 2 is 1.92 bits per heavy atom. The van der Waals surface area contributed by atoms with Gasteiger partial charge in [0.25, 0.3) is 5.91 Å². The van der Waals surface area contributed by atoms with E-state index in [0.29, 0.717) is 0 Å². The van der Waals surface area contributed by atoms with Crippen LogP contribution in [0, 0.1) is 0 Å². The standard InChI is InChI=1S/C19H21N3O3/c1-3-19(13-7-5-4-6-8-13)11-9-15-20(2)18(25)16-17(24)14(23)10-12-21(16)22(15)19/h4-8,10,12,15,24H,3,9,11H2,1-2H3. The third kappa shape index (κ3) is 1.97. The lowest BCUT2D eigenvalue weighted by Crippen LogP contribution is -2.62. The quantitative estimate of drug-likeness (QED) is 0.909. The number of carbonyl (C=O) groups is 1. The van der Waals surface area contributed by atoms with Gasteiger partial charge in [0.2, 0.25) is 5.43 Å². The third-order valence-corrected chi connectivity index (χ3v) is 5.69. The Morgan fingerprint density at radius 3 is 2.60 bits per heavy atom. The summed E-state index contributed by atoms with van der Waals surface area (Å²) >= 11 is 0. The van der Waals surface area contributed by atoms with Crippen molar-refractivity contribution < 1.29 is 9.90 Å². The number of benzene rings is 1. The summed E-state index contributed by atoms with van der Waals surface area (Å²) in [5.41, 5.74) is 0.387. The van der Waals surface area contributed by atoms with E-state index in [1.54, 1.807) is 22.8 Å². The monoisotopic (exact) mass is 339 g/mol. The average Bonchev–Trinajstić information content (AvgIpc) is 3.04. The van der Waals surface area contributed by atoms with Crippen molar-refractivity contribution in [2.45, 2.75) is 37.9 Å². The van der Waals surface area contributed by atoms with Gasteiger partial charge in [0.15, 0.2) is 11.4 Å². The summed E-state index contributed by atoms with van der Waals surface area (Å²) in [4.78, 5) is 26.3. The Hall–Kier alpha value is -2.76. The number of fused-ring (bicyclic) bond motifs is 3. The van der Waals surface area contributed by atoms with Gasteiger partial charge >= 0.3 is 0 Å². The molecule has 1 aromatic carbocycles. The molecule has 1 N–H and O–H groups in total. The highest BCUT2D eigenvalue weighted by molar-refractivity contribution is 5.96. The van der Waals surface area contributed by atoms with Crippen LogP contribution in [0.5, 0.6) is 5.75 Å². The van der Waals surface area contributed by atoms with Gasteiger partial charge in [0, 0.05) is 19.3 Å². The Kier molecular flexibility index (Phi) is 3.39. The fourth-order valence-corrected chi connectivity index (χ4v) is 4.36. The van der Waals surface area contributed by atoms with E-state index in [2.05, 4.69) is 24.1 Å². The van der Waals surface area contributed by atoms with Gasteiger partial charge in [-0.15, -0.1) is 0 Å². The molecule has 3 heterocycles. The highest BCUT2D eigenvalue weighted by atomic mass is 16.3. The first kappa shape index (κ1) is 15.7. The maximum atomic E-state index is 12.7. The molecule has 0 radical (unpaired) electrons. The van der Waals surface area contributed by atoms with Gasteiger partial charge in [-0.3, -0.25) is 19.3 Å². The fraction of sp³-hybridized carbons (Fsp3) is 0.368. The first-order valence-corrected chi connectivity index (χ1v) is 8.58. The van der Waals surface area contributed by atoms with Crippen molar-refractivity contribution in [2.24, 2.45) is 0 Å². The van der Waals surface area contributed by atoms with Crippen LogP contribution in [0.25, 0.3) is 0 Å². The van der Waals surface area contributed by atoms with E-state index >= 15 is 0 Å². The largest absolute Gasteiger partial charge is 0.502 e. The number of nitrogens with zero attached hydrogens (tertiary/aromatic N) is 3. The van der Waals surface area contributed by atoms with Crippen molar-refractivity contribution >= 4 is 5.91 Å². The topological polar surface area (TPSA) is 65.8 Å². The van der Waals surface area contributed by atoms with Gasteiger partial charge in [0.05, 0.1) is 5.54 Å². The molecular formula is C19H21N3O3. The van der Waals surface area contributed by atoms with Gasteiger partial charge in [-0.2, -0.15) is 0 Å². The lowest BCUT2D eigenvalue weighted by atomic mass is 9.85. The first-order chi connectivity index (χ1) is 12.0. The Morgan fingerprint density at radius 1 is 1.20 bits per heavy atom. The number of aromatic nitrogens is 1. The molecule has 1 fully saturated rings. The summed E-state index contributed by atoms with van der Waals surface area (Å²) < 4.78 is 1.69. The first-order valence-electron chi connectivity index (χ1n) is 8.58. The van der Waals surface area contributed by atoms with Crippen LogP contribution in [0.15, 0.2) is 47.4 Å². The zero-order chi connectivity index (χ0) is 17.8. The van der Waals surface area contributed by atoms with Crippen LogP contribution in [0.1, 0.15) is 42.2 Å². The molecule has 2 aliphatic heterocycles. The Labute approximate surface area is 145 Å². The molecular weight excluding hydrogens is 318 g/mol. The molecule has 25 heavy (non-hydrogen) atoms. The Bertz CT molecular complexity index is 893. The van der Waals surface area contributed by atoms with Gasteiger partial charge in [-0.05, 0) is 24.8 Å². The molecule has 2 atom stereocenters. The molecule has 4 rings (SSSR count). The summed E-state index contributed by atoms with van der Waals surface area (Å²) in [6.07, 6.45) is 4.07. The summed E-state index contributed by atoms with van der Waals surface area (Å²) in [7, 11) is 1.73. The highest BCUT2D eigenvalue weighted by Crippen LogP contribution is 2.46. The fourth-order valence-electron chi connectivity index (χ4n) is 4.36. The molecule has 0 aliphatic carbocycles. The van der Waals surface area contributed by atoms with Gasteiger partial charge < -0.3 is 10.0 Å². The van der Waals surface area contributed by atoms with Crippen LogP contribution in [0.4, 0.5) is 0 Å². The van der Waals surface area contributed by atoms with Crippen molar-refractivity contribution in [2.75, 3.05) is 12.1 Å². The number of carbonyl (C=O) groups excluding carboxylic acids is 1. The van der Waals surface area contributed by atoms with Gasteiger partial charge in [-0.1, -0.05) is 37.3 Å². The molecule has 2 aliphatic rings. The maximum absolute atomic E-state index is 12.7. The number of aromatic hydroxyl groups is 1. The van der Waals surface area contributed by atoms with Crippen LogP contribution in [0.2, 0.25) is 0 Å². The SMILES string of the molecule is CCC1(c2ccccc2)CCC2N(C)C(=O)c3c(O)c(=O)ccn3N21. The Balaban J connectivity index is 1.99. The zero-order valence-electron chi connectivity index (χ0n) is 14.3. The molecule has 2 aromatic rings. The van der Waals surface area contributed by atoms with Gasteiger partial charge in [0.1, 0.15) is 6.17 Å². The molecule has 0 saturated carbocycles. The van der Waals surface area contributed by atoms with Crippen molar-refractivity contribution in [1.29, 1.82) is 0 Å². The molecule has 0 spiro atoms. The van der Waals surface area contributed by atoms with Gasteiger partial charge in [-0.25, -0.2) is 0 Å². The zero-order valence-corrected chi connectivity index (χ0v) is 14.3. The lowest BCUT2D eigenvalue weighted by Gasteiger charge is -2.49. The summed E-state index contributed by atoms with van der Waals surface area (Å²) in [6, 6.07) is 11.5. The van der Waals surface area contributed by atoms with Crippen molar-refractivity contribution in [3.63, 3.8) is 0 Å². The minimum atomic E-state index is -0.535. The minimum Gasteiger partial charge on any atom is -0.502 e. The molecule has 1 aromatic heterocycles. The van der Waals surface area contributed by atoms with E-state index in [-0.39, 0.29) is 23.3 Å². The molecule has 1 amide bonds. The van der Waals surface area contributed by atoms with E-state index in [1.165, 1.54) is 11.6 Å². The number of rotatable bonds is 2. The normalized spacial score (nSPS) is 25.0. The van der Waals surface area contributed by atoms with Crippen LogP contribution < -0.4 is 10.4 Å². The van der Waals surface area contributed by atoms with E-state index in [1.807, 2.05) is 18.2 Å². The summed E-state index contributed by atoms with van der Waals surface area (Å²) in [5, 5.41) is 12.4. The maximum Gasteiger partial charge on any atom is 0.277 e. The van der Waals surface area contributed by atoms with E-state index in [0.717, 1.165) is 19.3 Å². The van der Waals surface area contributed by atoms with Crippen molar-refractivity contribution in [1.82, 2.24) is 9.58 Å². The molecule has 6 heteroatoms. The number of pyridine rings is 1. The molecule has 0 bridgehead atoms.